The first-order chi connectivity index (χ1) is 7.63. The molecule has 1 amide bonds. The van der Waals surface area contributed by atoms with Gasteiger partial charge in [-0.05, 0) is 26.1 Å². The molecule has 1 aromatic heterocycles. The second kappa shape index (κ2) is 6.33. The summed E-state index contributed by atoms with van der Waals surface area (Å²) < 4.78 is 5.23. The number of hydrogen-bond acceptors (Lipinski definition) is 3. The lowest BCUT2D eigenvalue weighted by atomic mass is 10.1. The molecule has 0 aliphatic heterocycles. The Morgan fingerprint density at radius 3 is 2.81 bits per heavy atom. The molecule has 4 heteroatoms. The van der Waals surface area contributed by atoms with Crippen LogP contribution in [-0.4, -0.2) is 25.5 Å². The number of carbonyl (C=O) groups is 1. The molecule has 0 bridgehead atoms. The average molecular weight is 224 g/mol. The summed E-state index contributed by atoms with van der Waals surface area (Å²) in [6, 6.07) is 3.87. The predicted molar refractivity (Wildman–Crippen MR) is 63.1 cm³/mol. The Labute approximate surface area is 96.4 Å². The molecule has 0 spiro atoms. The highest BCUT2D eigenvalue weighted by Crippen LogP contribution is 2.04. The van der Waals surface area contributed by atoms with Gasteiger partial charge in [0.25, 0.3) is 0 Å². The van der Waals surface area contributed by atoms with Crippen molar-refractivity contribution in [3.63, 3.8) is 0 Å². The zero-order chi connectivity index (χ0) is 12.0. The lowest BCUT2D eigenvalue weighted by molar-refractivity contribution is -0.124. The van der Waals surface area contributed by atoms with Crippen LogP contribution in [0.3, 0.4) is 0 Å². The lowest BCUT2D eigenvalue weighted by Crippen LogP contribution is -2.40. The molecule has 16 heavy (non-hydrogen) atoms. The van der Waals surface area contributed by atoms with Crippen LogP contribution >= 0.6 is 0 Å². The molecule has 0 aliphatic rings. The minimum Gasteiger partial charge on any atom is -0.469 e. The third-order valence-electron chi connectivity index (χ3n) is 2.43. The maximum Gasteiger partial charge on any atom is 0.224 e. The number of amides is 1. The fourth-order valence-electron chi connectivity index (χ4n) is 1.57. The second-order valence-corrected chi connectivity index (χ2v) is 4.15. The van der Waals surface area contributed by atoms with Gasteiger partial charge in [-0.25, -0.2) is 0 Å². The van der Waals surface area contributed by atoms with E-state index in [-0.39, 0.29) is 17.9 Å². The fraction of sp³-hybridized carbons (Fsp3) is 0.583. The first-order valence-electron chi connectivity index (χ1n) is 5.60. The van der Waals surface area contributed by atoms with Crippen LogP contribution in [0.15, 0.2) is 22.8 Å². The van der Waals surface area contributed by atoms with Crippen LogP contribution in [0.4, 0.5) is 0 Å². The topological polar surface area (TPSA) is 54.3 Å². The second-order valence-electron chi connectivity index (χ2n) is 4.15. The number of carbonyl (C=O) groups excluding carboxylic acids is 1. The van der Waals surface area contributed by atoms with Crippen molar-refractivity contribution >= 4 is 5.91 Å². The molecule has 1 heterocycles. The molecule has 1 rings (SSSR count). The summed E-state index contributed by atoms with van der Waals surface area (Å²) in [4.78, 5) is 11.7. The number of hydrogen-bond donors (Lipinski definition) is 2. The van der Waals surface area contributed by atoms with Crippen LogP contribution in [0.1, 0.15) is 19.6 Å². The van der Waals surface area contributed by atoms with Gasteiger partial charge in [0.05, 0.1) is 6.26 Å². The molecule has 0 fully saturated rings. The van der Waals surface area contributed by atoms with E-state index in [0.29, 0.717) is 6.54 Å². The monoisotopic (exact) mass is 224 g/mol. The predicted octanol–water partition coefficient (Wildman–Crippen LogP) is 1.18. The van der Waals surface area contributed by atoms with Gasteiger partial charge in [0.1, 0.15) is 5.76 Å². The molecule has 0 aromatic carbocycles. The highest BCUT2D eigenvalue weighted by molar-refractivity contribution is 5.78. The van der Waals surface area contributed by atoms with E-state index in [1.54, 1.807) is 6.26 Å². The highest BCUT2D eigenvalue weighted by atomic mass is 16.3. The molecule has 0 saturated carbocycles. The molecule has 2 unspecified atom stereocenters. The van der Waals surface area contributed by atoms with E-state index in [9.17, 15) is 4.79 Å². The standard InChI is InChI=1S/C12H20N2O2/c1-9(8-13-3)12(15)14-10(2)7-11-5-4-6-16-11/h4-6,9-10,13H,7-8H2,1-3H3,(H,14,15). The Balaban J connectivity index is 2.33. The normalized spacial score (nSPS) is 14.4. The Kier molecular flexibility index (Phi) is 5.05. The van der Waals surface area contributed by atoms with E-state index < -0.39 is 0 Å². The zero-order valence-corrected chi connectivity index (χ0v) is 10.1. The molecule has 4 nitrogen and oxygen atoms in total. The largest absolute Gasteiger partial charge is 0.469 e. The van der Waals surface area contributed by atoms with E-state index >= 15 is 0 Å². The minimum atomic E-state index is -0.0101. The summed E-state index contributed by atoms with van der Waals surface area (Å²) >= 11 is 0. The van der Waals surface area contributed by atoms with E-state index in [1.807, 2.05) is 33.0 Å². The summed E-state index contributed by atoms with van der Waals surface area (Å²) in [6.07, 6.45) is 2.37. The van der Waals surface area contributed by atoms with Gasteiger partial charge >= 0.3 is 0 Å². The van der Waals surface area contributed by atoms with Gasteiger partial charge in [-0.1, -0.05) is 6.92 Å². The van der Waals surface area contributed by atoms with Crippen molar-refractivity contribution in [1.29, 1.82) is 0 Å². The van der Waals surface area contributed by atoms with Crippen molar-refractivity contribution in [3.8, 4) is 0 Å². The summed E-state index contributed by atoms with van der Waals surface area (Å²) in [5.41, 5.74) is 0. The zero-order valence-electron chi connectivity index (χ0n) is 10.1. The van der Waals surface area contributed by atoms with Crippen molar-refractivity contribution in [1.82, 2.24) is 10.6 Å². The lowest BCUT2D eigenvalue weighted by Gasteiger charge is -2.16. The van der Waals surface area contributed by atoms with Crippen LogP contribution in [-0.2, 0) is 11.2 Å². The quantitative estimate of drug-likeness (QED) is 0.763. The number of nitrogens with one attached hydrogen (secondary N) is 2. The van der Waals surface area contributed by atoms with E-state index in [4.69, 9.17) is 4.42 Å². The Morgan fingerprint density at radius 1 is 1.50 bits per heavy atom. The first kappa shape index (κ1) is 12.8. The molecule has 2 atom stereocenters. The van der Waals surface area contributed by atoms with Crippen LogP contribution in [0.2, 0.25) is 0 Å². The van der Waals surface area contributed by atoms with Crippen molar-refractivity contribution < 1.29 is 9.21 Å². The van der Waals surface area contributed by atoms with E-state index in [1.165, 1.54) is 0 Å². The first-order valence-corrected chi connectivity index (χ1v) is 5.60. The molecule has 0 radical (unpaired) electrons. The average Bonchev–Trinajstić information content (AvgIpc) is 2.70. The maximum absolute atomic E-state index is 11.7. The molecular weight excluding hydrogens is 204 g/mol. The van der Waals surface area contributed by atoms with Crippen molar-refractivity contribution in [3.05, 3.63) is 24.2 Å². The molecule has 0 saturated heterocycles. The van der Waals surface area contributed by atoms with Crippen LogP contribution < -0.4 is 10.6 Å². The van der Waals surface area contributed by atoms with Crippen LogP contribution in [0.25, 0.3) is 0 Å². The summed E-state index contributed by atoms with van der Waals surface area (Å²) in [6.45, 7) is 4.58. The van der Waals surface area contributed by atoms with Crippen LogP contribution in [0, 0.1) is 5.92 Å². The Morgan fingerprint density at radius 2 is 2.25 bits per heavy atom. The molecule has 0 aliphatic carbocycles. The third-order valence-corrected chi connectivity index (χ3v) is 2.43. The summed E-state index contributed by atoms with van der Waals surface area (Å²) in [7, 11) is 1.84. The molecule has 90 valence electrons. The number of furan rings is 1. The number of rotatable bonds is 6. The van der Waals surface area contributed by atoms with Crippen LogP contribution in [0.5, 0.6) is 0 Å². The van der Waals surface area contributed by atoms with Crippen molar-refractivity contribution in [2.24, 2.45) is 5.92 Å². The van der Waals surface area contributed by atoms with Gasteiger partial charge in [-0.3, -0.25) is 4.79 Å². The van der Waals surface area contributed by atoms with Gasteiger partial charge in [0, 0.05) is 24.9 Å². The van der Waals surface area contributed by atoms with Gasteiger partial charge < -0.3 is 15.1 Å². The van der Waals surface area contributed by atoms with E-state index in [2.05, 4.69) is 10.6 Å². The molecule has 1 aromatic rings. The van der Waals surface area contributed by atoms with Gasteiger partial charge in [0.15, 0.2) is 0 Å². The maximum atomic E-state index is 11.7. The van der Waals surface area contributed by atoms with Gasteiger partial charge in [-0.15, -0.1) is 0 Å². The summed E-state index contributed by atoms with van der Waals surface area (Å²) in [5.74, 6) is 0.964. The third kappa shape index (κ3) is 4.06. The highest BCUT2D eigenvalue weighted by Gasteiger charge is 2.15. The molecule has 2 N–H and O–H groups in total. The van der Waals surface area contributed by atoms with Gasteiger partial charge in [-0.2, -0.15) is 0 Å². The van der Waals surface area contributed by atoms with Crippen molar-refractivity contribution in [2.45, 2.75) is 26.3 Å². The SMILES string of the molecule is CNCC(C)C(=O)NC(C)Cc1ccco1. The minimum absolute atomic E-state index is 0.0101. The Bertz CT molecular complexity index is 309. The van der Waals surface area contributed by atoms with Gasteiger partial charge in [0.2, 0.25) is 5.91 Å². The Hall–Kier alpha value is -1.29. The molecular formula is C12H20N2O2. The van der Waals surface area contributed by atoms with E-state index in [0.717, 1.165) is 12.2 Å². The summed E-state index contributed by atoms with van der Waals surface area (Å²) in [5, 5.41) is 5.95. The van der Waals surface area contributed by atoms with Crippen molar-refractivity contribution in [2.75, 3.05) is 13.6 Å². The fourth-order valence-corrected chi connectivity index (χ4v) is 1.57. The smallest absolute Gasteiger partial charge is 0.224 e.